The lowest BCUT2D eigenvalue weighted by molar-refractivity contribution is -0.110. The second-order valence-electron chi connectivity index (χ2n) is 2.46. The van der Waals surface area contributed by atoms with Crippen LogP contribution in [0.4, 0.5) is 0 Å². The maximum atomic E-state index is 10.2. The van der Waals surface area contributed by atoms with Gasteiger partial charge >= 0.3 is 0 Å². The Morgan fingerprint density at radius 3 is 2.67 bits per heavy atom. The average Bonchev–Trinajstić information content (AvgIpc) is 2.16. The molecule has 0 saturated carbocycles. The first kappa shape index (κ1) is 8.74. The van der Waals surface area contributed by atoms with Crippen LogP contribution in [0.1, 0.15) is 6.92 Å². The minimum atomic E-state index is -0.287. The molecular weight excluding hydrogens is 154 g/mol. The Morgan fingerprint density at radius 1 is 1.42 bits per heavy atom. The van der Waals surface area contributed by atoms with E-state index in [9.17, 15) is 4.79 Å². The second-order valence-corrected chi connectivity index (χ2v) is 2.46. The number of carbonyl (C=O) groups is 1. The summed E-state index contributed by atoms with van der Waals surface area (Å²) in [4.78, 5) is 15.3. The van der Waals surface area contributed by atoms with Gasteiger partial charge in [-0.15, -0.1) is 5.48 Å². The van der Waals surface area contributed by atoms with Gasteiger partial charge in [0.15, 0.2) is 0 Å². The molecule has 1 N–H and O–H groups in total. The van der Waals surface area contributed by atoms with E-state index in [4.69, 9.17) is 4.84 Å². The van der Waals surface area contributed by atoms with Gasteiger partial charge in [-0.1, -0.05) is 18.2 Å². The number of benzene rings is 1. The molecule has 1 aromatic carbocycles. The van der Waals surface area contributed by atoms with Gasteiger partial charge in [-0.05, 0) is 19.1 Å². The number of hydroxylamine groups is 1. The fraction of sp³-hybridized carbons (Fsp3) is 0.222. The van der Waals surface area contributed by atoms with E-state index in [1.54, 1.807) is 6.92 Å². The van der Waals surface area contributed by atoms with Crippen LogP contribution in [-0.2, 0) is 4.79 Å². The Morgan fingerprint density at radius 2 is 2.08 bits per heavy atom. The highest BCUT2D eigenvalue weighted by Gasteiger charge is 1.97. The summed E-state index contributed by atoms with van der Waals surface area (Å²) < 4.78 is 0. The highest BCUT2D eigenvalue weighted by molar-refractivity contribution is 5.56. The van der Waals surface area contributed by atoms with E-state index in [0.717, 1.165) is 6.29 Å². The first-order chi connectivity index (χ1) is 5.83. The molecule has 1 rings (SSSR count). The average molecular weight is 165 g/mol. The standard InChI is InChI=1S/C9H11NO2/c1-8(7-11)10-12-9-5-3-2-4-6-9/h2-8,10H,1H3/t8-/m0/s1. The van der Waals surface area contributed by atoms with Crippen LogP contribution in [0.15, 0.2) is 30.3 Å². The Hall–Kier alpha value is -1.35. The van der Waals surface area contributed by atoms with Crippen molar-refractivity contribution in [3.05, 3.63) is 30.3 Å². The van der Waals surface area contributed by atoms with E-state index in [1.807, 2.05) is 30.3 Å². The van der Waals surface area contributed by atoms with E-state index >= 15 is 0 Å². The predicted octanol–water partition coefficient (Wildman–Crippen LogP) is 1.16. The van der Waals surface area contributed by atoms with Crippen LogP contribution in [-0.4, -0.2) is 12.3 Å². The van der Waals surface area contributed by atoms with Gasteiger partial charge in [0.25, 0.3) is 0 Å². The monoisotopic (exact) mass is 165 g/mol. The molecule has 0 amide bonds. The third-order valence-corrected chi connectivity index (χ3v) is 1.31. The van der Waals surface area contributed by atoms with Gasteiger partial charge in [-0.2, -0.15) is 0 Å². The van der Waals surface area contributed by atoms with Crippen LogP contribution >= 0.6 is 0 Å². The number of para-hydroxylation sites is 1. The molecule has 64 valence electrons. The first-order valence-corrected chi connectivity index (χ1v) is 3.75. The SMILES string of the molecule is C[C@@H](C=O)NOc1ccccc1. The molecule has 3 heteroatoms. The Labute approximate surface area is 71.3 Å². The van der Waals surface area contributed by atoms with E-state index in [2.05, 4.69) is 5.48 Å². The summed E-state index contributed by atoms with van der Waals surface area (Å²) in [6.45, 7) is 1.72. The van der Waals surface area contributed by atoms with Gasteiger partial charge in [0.2, 0.25) is 0 Å². The fourth-order valence-corrected chi connectivity index (χ4v) is 0.677. The number of aldehydes is 1. The molecule has 1 aromatic rings. The molecule has 0 bridgehead atoms. The van der Waals surface area contributed by atoms with Crippen LogP contribution < -0.4 is 10.3 Å². The Bertz CT molecular complexity index is 236. The van der Waals surface area contributed by atoms with Crippen molar-refractivity contribution in [1.29, 1.82) is 0 Å². The molecule has 1 atom stereocenters. The molecular formula is C9H11NO2. The molecule has 0 saturated heterocycles. The van der Waals surface area contributed by atoms with Crippen LogP contribution in [0.5, 0.6) is 5.75 Å². The minimum absolute atomic E-state index is 0.287. The van der Waals surface area contributed by atoms with Crippen molar-refractivity contribution in [2.45, 2.75) is 13.0 Å². The maximum absolute atomic E-state index is 10.2. The van der Waals surface area contributed by atoms with Crippen LogP contribution in [0, 0.1) is 0 Å². The summed E-state index contributed by atoms with van der Waals surface area (Å²) in [6, 6.07) is 8.96. The molecule has 0 fully saturated rings. The predicted molar refractivity (Wildman–Crippen MR) is 45.7 cm³/mol. The lowest BCUT2D eigenvalue weighted by Crippen LogP contribution is -2.30. The van der Waals surface area contributed by atoms with Crippen molar-refractivity contribution in [2.75, 3.05) is 0 Å². The van der Waals surface area contributed by atoms with Crippen LogP contribution in [0.2, 0.25) is 0 Å². The third-order valence-electron chi connectivity index (χ3n) is 1.31. The van der Waals surface area contributed by atoms with E-state index in [0.29, 0.717) is 5.75 Å². The molecule has 12 heavy (non-hydrogen) atoms. The van der Waals surface area contributed by atoms with E-state index < -0.39 is 0 Å². The molecule has 3 nitrogen and oxygen atoms in total. The summed E-state index contributed by atoms with van der Waals surface area (Å²) in [6.07, 6.45) is 0.781. The van der Waals surface area contributed by atoms with Gasteiger partial charge in [0.1, 0.15) is 12.0 Å². The Kier molecular flexibility index (Phi) is 3.29. The zero-order valence-corrected chi connectivity index (χ0v) is 6.86. The van der Waals surface area contributed by atoms with Gasteiger partial charge in [0.05, 0.1) is 6.04 Å². The number of hydrogen-bond donors (Lipinski definition) is 1. The van der Waals surface area contributed by atoms with Crippen molar-refractivity contribution < 1.29 is 9.63 Å². The quantitative estimate of drug-likeness (QED) is 0.537. The van der Waals surface area contributed by atoms with Gasteiger partial charge in [0, 0.05) is 0 Å². The summed E-state index contributed by atoms with van der Waals surface area (Å²) in [5, 5.41) is 0. The van der Waals surface area contributed by atoms with Crippen LogP contribution in [0.3, 0.4) is 0 Å². The largest absolute Gasteiger partial charge is 0.408 e. The number of nitrogens with one attached hydrogen (secondary N) is 1. The van der Waals surface area contributed by atoms with Crippen molar-refractivity contribution >= 4 is 6.29 Å². The smallest absolute Gasteiger partial charge is 0.147 e. The first-order valence-electron chi connectivity index (χ1n) is 3.75. The Balaban J connectivity index is 2.38. The van der Waals surface area contributed by atoms with Crippen molar-refractivity contribution in [3.8, 4) is 5.75 Å². The molecule has 0 aliphatic rings. The molecule has 0 radical (unpaired) electrons. The number of hydrogen-bond acceptors (Lipinski definition) is 3. The molecule has 0 unspecified atom stereocenters. The summed E-state index contributed by atoms with van der Waals surface area (Å²) >= 11 is 0. The molecule has 0 spiro atoms. The highest BCUT2D eigenvalue weighted by atomic mass is 16.6. The highest BCUT2D eigenvalue weighted by Crippen LogP contribution is 2.06. The molecule has 0 aliphatic heterocycles. The zero-order valence-electron chi connectivity index (χ0n) is 6.86. The van der Waals surface area contributed by atoms with Crippen molar-refractivity contribution in [3.63, 3.8) is 0 Å². The second kappa shape index (κ2) is 4.51. The lowest BCUT2D eigenvalue weighted by atomic mass is 10.3. The molecule has 0 aliphatic carbocycles. The third kappa shape index (κ3) is 2.72. The summed E-state index contributed by atoms with van der Waals surface area (Å²) in [5.41, 5.74) is 2.58. The number of carbonyl (C=O) groups excluding carboxylic acids is 1. The lowest BCUT2D eigenvalue weighted by Gasteiger charge is -2.07. The zero-order chi connectivity index (χ0) is 8.81. The van der Waals surface area contributed by atoms with Crippen molar-refractivity contribution in [1.82, 2.24) is 5.48 Å². The molecule has 0 aromatic heterocycles. The summed E-state index contributed by atoms with van der Waals surface area (Å²) in [5.74, 6) is 0.700. The van der Waals surface area contributed by atoms with E-state index in [-0.39, 0.29) is 6.04 Å². The maximum Gasteiger partial charge on any atom is 0.147 e. The fourth-order valence-electron chi connectivity index (χ4n) is 0.677. The summed E-state index contributed by atoms with van der Waals surface area (Å²) in [7, 11) is 0. The normalized spacial score (nSPS) is 12.1. The molecule has 0 heterocycles. The van der Waals surface area contributed by atoms with Crippen molar-refractivity contribution in [2.24, 2.45) is 0 Å². The van der Waals surface area contributed by atoms with Gasteiger partial charge < -0.3 is 9.63 Å². The number of rotatable bonds is 4. The van der Waals surface area contributed by atoms with Gasteiger partial charge in [-0.3, -0.25) is 0 Å². The minimum Gasteiger partial charge on any atom is -0.408 e. The van der Waals surface area contributed by atoms with Gasteiger partial charge in [-0.25, -0.2) is 0 Å². The van der Waals surface area contributed by atoms with E-state index in [1.165, 1.54) is 0 Å². The van der Waals surface area contributed by atoms with Crippen LogP contribution in [0.25, 0.3) is 0 Å². The topological polar surface area (TPSA) is 38.3 Å².